The molecule has 0 aromatic carbocycles. The number of pyridine rings is 1. The van der Waals surface area contributed by atoms with Gasteiger partial charge >= 0.3 is 0 Å². The second-order valence-corrected chi connectivity index (χ2v) is 5.99. The predicted octanol–water partition coefficient (Wildman–Crippen LogP) is 2.83. The van der Waals surface area contributed by atoms with Crippen molar-refractivity contribution >= 4 is 22.6 Å². The van der Waals surface area contributed by atoms with Crippen LogP contribution in [-0.4, -0.2) is 39.1 Å². The lowest BCUT2D eigenvalue weighted by Crippen LogP contribution is -2.30. The monoisotopic (exact) mass is 278 g/mol. The maximum absolute atomic E-state index is 6.28. The molecular weight excluding hydrogens is 260 g/mol. The van der Waals surface area contributed by atoms with Gasteiger partial charge in [0.1, 0.15) is 11.3 Å². The van der Waals surface area contributed by atoms with Gasteiger partial charge in [-0.1, -0.05) is 0 Å². The van der Waals surface area contributed by atoms with Crippen LogP contribution in [-0.2, 0) is 6.54 Å². The van der Waals surface area contributed by atoms with E-state index < -0.39 is 0 Å². The molecule has 3 heterocycles. The topological polar surface area (TPSA) is 34.0 Å². The first-order chi connectivity index (χ1) is 9.16. The molecular formula is C14H19ClN4. The second kappa shape index (κ2) is 5.10. The Bertz CT molecular complexity index is 578. The maximum Gasteiger partial charge on any atom is 0.127 e. The van der Waals surface area contributed by atoms with Gasteiger partial charge in [0.2, 0.25) is 0 Å². The highest BCUT2D eigenvalue weighted by atomic mass is 35.5. The van der Waals surface area contributed by atoms with Gasteiger partial charge in [-0.25, -0.2) is 4.98 Å². The molecule has 19 heavy (non-hydrogen) atoms. The summed E-state index contributed by atoms with van der Waals surface area (Å²) in [6, 6.07) is 2.61. The highest BCUT2D eigenvalue weighted by Gasteiger charge is 2.24. The zero-order valence-electron chi connectivity index (χ0n) is 11.4. The van der Waals surface area contributed by atoms with E-state index in [1.165, 1.54) is 19.4 Å². The van der Waals surface area contributed by atoms with Crippen molar-refractivity contribution in [1.29, 1.82) is 0 Å². The molecule has 0 aliphatic carbocycles. The summed E-state index contributed by atoms with van der Waals surface area (Å²) in [5, 5.41) is -0.0842. The predicted molar refractivity (Wildman–Crippen MR) is 77.4 cm³/mol. The van der Waals surface area contributed by atoms with Gasteiger partial charge in [-0.15, -0.1) is 11.6 Å². The smallest absolute Gasteiger partial charge is 0.127 e. The summed E-state index contributed by atoms with van der Waals surface area (Å²) < 4.78 is 2.27. The number of likely N-dealkylation sites (tertiary alicyclic amines) is 1. The van der Waals surface area contributed by atoms with Crippen LogP contribution in [0.2, 0.25) is 0 Å². The fourth-order valence-corrected chi connectivity index (χ4v) is 3.08. The van der Waals surface area contributed by atoms with Gasteiger partial charge in [-0.3, -0.25) is 4.98 Å². The number of hydrogen-bond acceptors (Lipinski definition) is 3. The van der Waals surface area contributed by atoms with Crippen molar-refractivity contribution in [3.05, 3.63) is 24.3 Å². The van der Waals surface area contributed by atoms with Crippen molar-refractivity contribution in [3.63, 3.8) is 0 Å². The van der Waals surface area contributed by atoms with Crippen molar-refractivity contribution in [1.82, 2.24) is 19.4 Å². The van der Waals surface area contributed by atoms with Crippen molar-refractivity contribution in [2.75, 3.05) is 13.6 Å². The summed E-state index contributed by atoms with van der Waals surface area (Å²) >= 11 is 6.28. The number of imidazole rings is 1. The van der Waals surface area contributed by atoms with Gasteiger partial charge < -0.3 is 9.47 Å². The molecule has 2 aromatic rings. The molecule has 5 heteroatoms. The highest BCUT2D eigenvalue weighted by Crippen LogP contribution is 2.26. The van der Waals surface area contributed by atoms with E-state index in [4.69, 9.17) is 11.6 Å². The zero-order valence-corrected chi connectivity index (χ0v) is 12.1. The molecule has 0 spiro atoms. The average molecular weight is 279 g/mol. The summed E-state index contributed by atoms with van der Waals surface area (Å²) in [6.07, 6.45) is 6.16. The Morgan fingerprint density at radius 1 is 1.53 bits per heavy atom. The summed E-state index contributed by atoms with van der Waals surface area (Å²) in [5.41, 5.74) is 2.07. The van der Waals surface area contributed by atoms with Crippen molar-refractivity contribution < 1.29 is 0 Å². The molecule has 4 nitrogen and oxygen atoms in total. The van der Waals surface area contributed by atoms with Gasteiger partial charge in [0.05, 0.1) is 17.1 Å². The van der Waals surface area contributed by atoms with Crippen molar-refractivity contribution in [2.45, 2.75) is 37.7 Å². The summed E-state index contributed by atoms with van der Waals surface area (Å²) in [6.45, 7) is 4.12. The first-order valence-corrected chi connectivity index (χ1v) is 7.25. The SMILES string of the molecule is CC(Cl)c1nc2cnccc2n1CC1CCCN1C. The molecule has 0 bridgehead atoms. The third-order valence-electron chi connectivity index (χ3n) is 4.00. The van der Waals surface area contributed by atoms with Crippen LogP contribution in [0.3, 0.4) is 0 Å². The molecule has 1 fully saturated rings. The number of halogens is 1. The molecule has 0 saturated carbocycles. The third-order valence-corrected chi connectivity index (χ3v) is 4.20. The molecule has 1 aliphatic rings. The van der Waals surface area contributed by atoms with E-state index in [0.29, 0.717) is 6.04 Å². The molecule has 0 amide bonds. The van der Waals surface area contributed by atoms with E-state index >= 15 is 0 Å². The highest BCUT2D eigenvalue weighted by molar-refractivity contribution is 6.20. The van der Waals surface area contributed by atoms with Gasteiger partial charge in [0.15, 0.2) is 0 Å². The van der Waals surface area contributed by atoms with Crippen LogP contribution in [0.25, 0.3) is 11.0 Å². The Hall–Kier alpha value is -1.13. The normalized spacial score (nSPS) is 22.2. The van der Waals surface area contributed by atoms with Crippen molar-refractivity contribution in [2.24, 2.45) is 0 Å². The molecule has 3 rings (SSSR count). The lowest BCUT2D eigenvalue weighted by atomic mass is 10.2. The molecule has 2 aromatic heterocycles. The Balaban J connectivity index is 2.02. The zero-order chi connectivity index (χ0) is 13.4. The quantitative estimate of drug-likeness (QED) is 0.810. The van der Waals surface area contributed by atoms with E-state index in [2.05, 4.69) is 26.5 Å². The van der Waals surface area contributed by atoms with Crippen molar-refractivity contribution in [3.8, 4) is 0 Å². The van der Waals surface area contributed by atoms with Gasteiger partial charge in [0.25, 0.3) is 0 Å². The van der Waals surface area contributed by atoms with E-state index in [-0.39, 0.29) is 5.38 Å². The molecule has 0 radical (unpaired) electrons. The van der Waals surface area contributed by atoms with Crippen LogP contribution in [0, 0.1) is 0 Å². The number of likely N-dealkylation sites (N-methyl/N-ethyl adjacent to an activating group) is 1. The van der Waals surface area contributed by atoms with E-state index in [1.807, 2.05) is 25.4 Å². The summed E-state index contributed by atoms with van der Waals surface area (Å²) in [7, 11) is 2.20. The largest absolute Gasteiger partial charge is 0.325 e. The van der Waals surface area contributed by atoms with E-state index in [9.17, 15) is 0 Å². The third kappa shape index (κ3) is 2.35. The molecule has 1 saturated heterocycles. The standard InChI is InChI=1S/C14H19ClN4/c1-10(15)14-17-12-8-16-6-5-13(12)19(14)9-11-4-3-7-18(11)2/h5-6,8,10-11H,3-4,7,9H2,1-2H3. The van der Waals surface area contributed by atoms with Crippen LogP contribution >= 0.6 is 11.6 Å². The number of fused-ring (bicyclic) bond motifs is 1. The lowest BCUT2D eigenvalue weighted by Gasteiger charge is -2.21. The van der Waals surface area contributed by atoms with Gasteiger partial charge in [-0.05, 0) is 39.4 Å². The summed E-state index contributed by atoms with van der Waals surface area (Å²) in [5.74, 6) is 0.949. The van der Waals surface area contributed by atoms with Crippen LogP contribution in [0.4, 0.5) is 0 Å². The minimum absolute atomic E-state index is 0.0842. The van der Waals surface area contributed by atoms with E-state index in [0.717, 1.165) is 23.4 Å². The van der Waals surface area contributed by atoms with Crippen LogP contribution in [0.15, 0.2) is 18.5 Å². The Kier molecular flexibility index (Phi) is 3.46. The Morgan fingerprint density at radius 2 is 2.37 bits per heavy atom. The molecule has 102 valence electrons. The Labute approximate surface area is 118 Å². The molecule has 2 atom stereocenters. The lowest BCUT2D eigenvalue weighted by molar-refractivity contribution is 0.282. The van der Waals surface area contributed by atoms with E-state index in [1.54, 1.807) is 0 Å². The van der Waals surface area contributed by atoms with Gasteiger partial charge in [-0.2, -0.15) is 0 Å². The average Bonchev–Trinajstić information content (AvgIpc) is 2.95. The minimum Gasteiger partial charge on any atom is -0.325 e. The minimum atomic E-state index is -0.0842. The first kappa shape index (κ1) is 12.9. The fraction of sp³-hybridized carbons (Fsp3) is 0.571. The summed E-state index contributed by atoms with van der Waals surface area (Å²) in [4.78, 5) is 11.2. The number of nitrogens with zero attached hydrogens (tertiary/aromatic N) is 4. The maximum atomic E-state index is 6.28. The van der Waals surface area contributed by atoms with Gasteiger partial charge in [0, 0.05) is 18.8 Å². The number of rotatable bonds is 3. The number of aromatic nitrogens is 3. The van der Waals surface area contributed by atoms with Crippen LogP contribution in [0.1, 0.15) is 31.0 Å². The fourth-order valence-electron chi connectivity index (χ4n) is 2.92. The second-order valence-electron chi connectivity index (χ2n) is 5.34. The first-order valence-electron chi connectivity index (χ1n) is 6.81. The molecule has 0 N–H and O–H groups in total. The van der Waals surface area contributed by atoms with Crippen LogP contribution < -0.4 is 0 Å². The van der Waals surface area contributed by atoms with Crippen LogP contribution in [0.5, 0.6) is 0 Å². The molecule has 2 unspecified atom stereocenters. The Morgan fingerprint density at radius 3 is 3.05 bits per heavy atom. The molecule has 1 aliphatic heterocycles. The number of alkyl halides is 1. The number of hydrogen-bond donors (Lipinski definition) is 0.